The first-order valence-electron chi connectivity index (χ1n) is 6.53. The predicted octanol–water partition coefficient (Wildman–Crippen LogP) is 2.92. The fourth-order valence-corrected chi connectivity index (χ4v) is 2.64. The molecular formula is C16H15FN2O. The highest BCUT2D eigenvalue weighted by atomic mass is 19.1. The third-order valence-corrected chi connectivity index (χ3v) is 3.62. The third-order valence-electron chi connectivity index (χ3n) is 3.62. The standard InChI is InChI=1S/C16H15FN2O/c1-10-5-6-13(17)12(9-10)16(20)19-8-7-11-3-2-4-14(18)15(11)19/h2-6,9H,7-8,18H2,1H3. The number of anilines is 2. The second-order valence-corrected chi connectivity index (χ2v) is 5.05. The molecule has 0 aromatic heterocycles. The number of aryl methyl sites for hydroxylation is 1. The largest absolute Gasteiger partial charge is 0.397 e. The fourth-order valence-electron chi connectivity index (χ4n) is 2.64. The van der Waals surface area contributed by atoms with Crippen molar-refractivity contribution in [3.05, 3.63) is 58.9 Å². The van der Waals surface area contributed by atoms with Crippen LogP contribution in [0.3, 0.4) is 0 Å². The van der Waals surface area contributed by atoms with Gasteiger partial charge < -0.3 is 10.6 Å². The van der Waals surface area contributed by atoms with E-state index in [1.807, 2.05) is 19.1 Å². The summed E-state index contributed by atoms with van der Waals surface area (Å²) in [4.78, 5) is 14.1. The molecule has 3 nitrogen and oxygen atoms in total. The van der Waals surface area contributed by atoms with Crippen LogP contribution in [0.5, 0.6) is 0 Å². The molecule has 4 heteroatoms. The molecule has 1 amide bonds. The molecule has 1 aliphatic heterocycles. The Kier molecular flexibility index (Phi) is 2.93. The zero-order valence-corrected chi connectivity index (χ0v) is 11.2. The Morgan fingerprint density at radius 1 is 1.30 bits per heavy atom. The Hall–Kier alpha value is -2.36. The van der Waals surface area contributed by atoms with E-state index in [0.29, 0.717) is 12.2 Å². The highest BCUT2D eigenvalue weighted by Gasteiger charge is 2.28. The molecule has 0 bridgehead atoms. The molecule has 1 heterocycles. The van der Waals surface area contributed by atoms with Crippen molar-refractivity contribution in [1.29, 1.82) is 0 Å². The van der Waals surface area contributed by atoms with Gasteiger partial charge in [-0.05, 0) is 37.1 Å². The van der Waals surface area contributed by atoms with Gasteiger partial charge in [-0.25, -0.2) is 4.39 Å². The number of fused-ring (bicyclic) bond motifs is 1. The van der Waals surface area contributed by atoms with Gasteiger partial charge in [-0.1, -0.05) is 23.8 Å². The quantitative estimate of drug-likeness (QED) is 0.810. The first-order valence-corrected chi connectivity index (χ1v) is 6.53. The number of carbonyl (C=O) groups excluding carboxylic acids is 1. The number of nitrogen functional groups attached to an aromatic ring is 1. The molecule has 0 unspecified atom stereocenters. The summed E-state index contributed by atoms with van der Waals surface area (Å²) in [6, 6.07) is 10.1. The number of halogens is 1. The lowest BCUT2D eigenvalue weighted by Gasteiger charge is -2.19. The van der Waals surface area contributed by atoms with Crippen molar-refractivity contribution >= 4 is 17.3 Å². The van der Waals surface area contributed by atoms with Crippen LogP contribution in [0.25, 0.3) is 0 Å². The summed E-state index contributed by atoms with van der Waals surface area (Å²) in [5, 5.41) is 0. The Balaban J connectivity index is 2.04. The van der Waals surface area contributed by atoms with Gasteiger partial charge in [-0.15, -0.1) is 0 Å². The minimum absolute atomic E-state index is 0.0982. The van der Waals surface area contributed by atoms with Crippen molar-refractivity contribution in [2.45, 2.75) is 13.3 Å². The number of para-hydroxylation sites is 1. The summed E-state index contributed by atoms with van der Waals surface area (Å²) < 4.78 is 13.9. The van der Waals surface area contributed by atoms with Gasteiger partial charge in [0, 0.05) is 6.54 Å². The van der Waals surface area contributed by atoms with Gasteiger partial charge in [-0.2, -0.15) is 0 Å². The molecular weight excluding hydrogens is 255 g/mol. The highest BCUT2D eigenvalue weighted by Crippen LogP contribution is 2.34. The zero-order valence-electron chi connectivity index (χ0n) is 11.2. The number of rotatable bonds is 1. The molecule has 0 saturated heterocycles. The molecule has 0 saturated carbocycles. The monoisotopic (exact) mass is 270 g/mol. The second-order valence-electron chi connectivity index (χ2n) is 5.05. The number of nitrogens with zero attached hydrogens (tertiary/aromatic N) is 1. The van der Waals surface area contributed by atoms with Crippen LogP contribution >= 0.6 is 0 Å². The van der Waals surface area contributed by atoms with Crippen LogP contribution in [-0.4, -0.2) is 12.5 Å². The van der Waals surface area contributed by atoms with Gasteiger partial charge in [0.1, 0.15) is 5.82 Å². The van der Waals surface area contributed by atoms with Crippen molar-refractivity contribution in [1.82, 2.24) is 0 Å². The molecule has 2 aromatic carbocycles. The van der Waals surface area contributed by atoms with E-state index in [1.54, 1.807) is 23.1 Å². The number of amides is 1. The van der Waals surface area contributed by atoms with Crippen molar-refractivity contribution in [2.24, 2.45) is 0 Å². The van der Waals surface area contributed by atoms with E-state index >= 15 is 0 Å². The summed E-state index contributed by atoms with van der Waals surface area (Å²) >= 11 is 0. The molecule has 0 atom stereocenters. The Morgan fingerprint density at radius 2 is 2.10 bits per heavy atom. The van der Waals surface area contributed by atoms with Gasteiger partial charge in [0.2, 0.25) is 0 Å². The van der Waals surface area contributed by atoms with Gasteiger partial charge in [-0.3, -0.25) is 4.79 Å². The molecule has 2 aromatic rings. The normalized spacial score (nSPS) is 13.4. The van der Waals surface area contributed by atoms with E-state index in [4.69, 9.17) is 5.73 Å². The zero-order chi connectivity index (χ0) is 14.3. The Labute approximate surface area is 116 Å². The lowest BCUT2D eigenvalue weighted by molar-refractivity contribution is 0.0985. The fraction of sp³-hybridized carbons (Fsp3) is 0.188. The predicted molar refractivity (Wildman–Crippen MR) is 77.4 cm³/mol. The van der Waals surface area contributed by atoms with Crippen LogP contribution in [-0.2, 0) is 6.42 Å². The molecule has 0 spiro atoms. The minimum atomic E-state index is -0.497. The topological polar surface area (TPSA) is 46.3 Å². The lowest BCUT2D eigenvalue weighted by atomic mass is 10.1. The molecule has 3 rings (SSSR count). The molecule has 1 aliphatic rings. The summed E-state index contributed by atoms with van der Waals surface area (Å²) in [5.74, 6) is -0.827. The van der Waals surface area contributed by atoms with Crippen LogP contribution in [0, 0.1) is 12.7 Å². The van der Waals surface area contributed by atoms with E-state index in [1.165, 1.54) is 6.07 Å². The van der Waals surface area contributed by atoms with Crippen LogP contribution in [0.4, 0.5) is 15.8 Å². The Morgan fingerprint density at radius 3 is 2.90 bits per heavy atom. The maximum absolute atomic E-state index is 13.9. The molecule has 0 fully saturated rings. The van der Waals surface area contributed by atoms with E-state index in [9.17, 15) is 9.18 Å². The van der Waals surface area contributed by atoms with E-state index in [-0.39, 0.29) is 11.5 Å². The maximum Gasteiger partial charge on any atom is 0.261 e. The molecule has 0 aliphatic carbocycles. The number of nitrogens with two attached hydrogens (primary N) is 1. The minimum Gasteiger partial charge on any atom is -0.397 e. The van der Waals surface area contributed by atoms with E-state index < -0.39 is 5.82 Å². The lowest BCUT2D eigenvalue weighted by Crippen LogP contribution is -2.30. The van der Waals surface area contributed by atoms with Crippen molar-refractivity contribution in [3.63, 3.8) is 0 Å². The van der Waals surface area contributed by atoms with E-state index in [0.717, 1.165) is 23.2 Å². The highest BCUT2D eigenvalue weighted by molar-refractivity contribution is 6.09. The van der Waals surface area contributed by atoms with Gasteiger partial charge >= 0.3 is 0 Å². The van der Waals surface area contributed by atoms with E-state index in [2.05, 4.69) is 0 Å². The van der Waals surface area contributed by atoms with Crippen LogP contribution in [0.1, 0.15) is 21.5 Å². The number of hydrogen-bond donors (Lipinski definition) is 1. The van der Waals surface area contributed by atoms with Crippen LogP contribution in [0.2, 0.25) is 0 Å². The average Bonchev–Trinajstić information content (AvgIpc) is 2.86. The van der Waals surface area contributed by atoms with Crippen LogP contribution in [0.15, 0.2) is 36.4 Å². The summed E-state index contributed by atoms with van der Waals surface area (Å²) in [5.41, 5.74) is 9.22. The summed E-state index contributed by atoms with van der Waals surface area (Å²) in [6.45, 7) is 2.37. The molecule has 0 radical (unpaired) electrons. The first kappa shape index (κ1) is 12.7. The molecule has 20 heavy (non-hydrogen) atoms. The Bertz CT molecular complexity index is 697. The van der Waals surface area contributed by atoms with Crippen molar-refractivity contribution in [2.75, 3.05) is 17.2 Å². The second kappa shape index (κ2) is 4.63. The SMILES string of the molecule is Cc1ccc(F)c(C(=O)N2CCc3cccc(N)c32)c1. The van der Waals surface area contributed by atoms with Gasteiger partial charge in [0.15, 0.2) is 0 Å². The first-order chi connectivity index (χ1) is 9.58. The maximum atomic E-state index is 13.9. The van der Waals surface area contributed by atoms with Crippen LogP contribution < -0.4 is 10.6 Å². The number of benzene rings is 2. The molecule has 2 N–H and O–H groups in total. The third kappa shape index (κ3) is 1.93. The summed E-state index contributed by atoms with van der Waals surface area (Å²) in [6.07, 6.45) is 0.750. The number of hydrogen-bond acceptors (Lipinski definition) is 2. The van der Waals surface area contributed by atoms with Gasteiger partial charge in [0.25, 0.3) is 5.91 Å². The van der Waals surface area contributed by atoms with Crippen molar-refractivity contribution < 1.29 is 9.18 Å². The van der Waals surface area contributed by atoms with Gasteiger partial charge in [0.05, 0.1) is 16.9 Å². The smallest absolute Gasteiger partial charge is 0.261 e. The summed E-state index contributed by atoms with van der Waals surface area (Å²) in [7, 11) is 0. The molecule has 102 valence electrons. The van der Waals surface area contributed by atoms with Crippen molar-refractivity contribution in [3.8, 4) is 0 Å². The average molecular weight is 270 g/mol. The number of carbonyl (C=O) groups is 1.